The summed E-state index contributed by atoms with van der Waals surface area (Å²) in [4.78, 5) is 28.8. The predicted octanol–water partition coefficient (Wildman–Crippen LogP) is 2.73. The molecule has 0 fully saturated rings. The minimum atomic E-state index is -0.913. The Morgan fingerprint density at radius 3 is 2.04 bits per heavy atom. The van der Waals surface area contributed by atoms with E-state index >= 15 is 0 Å². The number of esters is 1. The molecule has 6 heteroatoms. The van der Waals surface area contributed by atoms with E-state index in [1.54, 1.807) is 39.8 Å². The Bertz CT molecular complexity index is 559. The minimum absolute atomic E-state index is 0.377. The highest BCUT2D eigenvalue weighted by Crippen LogP contribution is 2.17. The summed E-state index contributed by atoms with van der Waals surface area (Å²) in [5, 5.41) is 2.71. The molecule has 0 radical (unpaired) electrons. The van der Waals surface area contributed by atoms with Crippen LogP contribution in [0.25, 0.3) is 0 Å². The maximum absolute atomic E-state index is 12.5. The predicted molar refractivity (Wildman–Crippen MR) is 91.6 cm³/mol. The summed E-state index contributed by atoms with van der Waals surface area (Å²) in [5.74, 6) is -0.903. The number of nitrogens with one attached hydrogen (secondary N) is 1. The Morgan fingerprint density at radius 2 is 1.58 bits per heavy atom. The van der Waals surface area contributed by atoms with E-state index in [-0.39, 0.29) is 5.91 Å². The molecule has 0 aliphatic rings. The van der Waals surface area contributed by atoms with Gasteiger partial charge in [0.15, 0.2) is 6.04 Å². The molecule has 1 rings (SSSR count). The lowest BCUT2D eigenvalue weighted by Gasteiger charge is -2.32. The number of hydrogen-bond acceptors (Lipinski definition) is 5. The number of carbonyl (C=O) groups is 2. The van der Waals surface area contributed by atoms with Crippen molar-refractivity contribution in [3.8, 4) is 0 Å². The summed E-state index contributed by atoms with van der Waals surface area (Å²) >= 11 is 0. The number of pyridine rings is 1. The maximum atomic E-state index is 12.5. The third-order valence-electron chi connectivity index (χ3n) is 2.90. The summed E-state index contributed by atoms with van der Waals surface area (Å²) in [6, 6.07) is 2.25. The maximum Gasteiger partial charge on any atom is 0.331 e. The summed E-state index contributed by atoms with van der Waals surface area (Å²) < 4.78 is 11.3. The molecule has 0 aliphatic heterocycles. The van der Waals surface area contributed by atoms with Crippen LogP contribution in [0, 0.1) is 0 Å². The van der Waals surface area contributed by atoms with Gasteiger partial charge in [-0.1, -0.05) is 0 Å². The lowest BCUT2D eigenvalue weighted by Crippen LogP contribution is -2.52. The second kappa shape index (κ2) is 7.75. The number of hydrogen-bond donors (Lipinski definition) is 1. The molecule has 0 saturated heterocycles. The smallest absolute Gasteiger partial charge is 0.331 e. The third kappa shape index (κ3) is 7.08. The molecule has 1 heterocycles. The van der Waals surface area contributed by atoms with E-state index in [0.717, 1.165) is 0 Å². The molecular weight excluding hydrogens is 308 g/mol. The van der Waals surface area contributed by atoms with Crippen molar-refractivity contribution in [3.05, 3.63) is 30.1 Å². The number of aromatic nitrogens is 1. The quantitative estimate of drug-likeness (QED) is 0.837. The third-order valence-corrected chi connectivity index (χ3v) is 2.90. The van der Waals surface area contributed by atoms with Gasteiger partial charge in [-0.3, -0.25) is 9.78 Å². The fraction of sp³-hybridized carbons (Fsp3) is 0.611. The summed E-state index contributed by atoms with van der Waals surface area (Å²) in [6.45, 7) is 12.7. The number of amides is 1. The number of ether oxygens (including phenoxy) is 2. The van der Waals surface area contributed by atoms with Crippen LogP contribution in [0.5, 0.6) is 0 Å². The van der Waals surface area contributed by atoms with Crippen LogP contribution in [0.2, 0.25) is 0 Å². The van der Waals surface area contributed by atoms with E-state index < -0.39 is 29.3 Å². The highest BCUT2D eigenvalue weighted by atomic mass is 16.6. The van der Waals surface area contributed by atoms with Crippen molar-refractivity contribution in [1.82, 2.24) is 10.3 Å². The van der Waals surface area contributed by atoms with Crippen LogP contribution in [-0.4, -0.2) is 40.2 Å². The highest BCUT2D eigenvalue weighted by Gasteiger charge is 2.34. The zero-order chi connectivity index (χ0) is 18.5. The first-order valence-corrected chi connectivity index (χ1v) is 8.00. The van der Waals surface area contributed by atoms with E-state index in [9.17, 15) is 9.59 Å². The van der Waals surface area contributed by atoms with Crippen molar-refractivity contribution >= 4 is 11.9 Å². The fourth-order valence-corrected chi connectivity index (χ4v) is 2.09. The summed E-state index contributed by atoms with van der Waals surface area (Å²) in [5.41, 5.74) is -0.694. The monoisotopic (exact) mass is 336 g/mol. The van der Waals surface area contributed by atoms with Crippen molar-refractivity contribution in [2.45, 2.75) is 71.8 Å². The SMILES string of the molecule is C[C@@H](OC(C)(C)C)[C@H](NC(=O)c1ccncc1)C(=O)OC(C)(C)C. The Kier molecular flexibility index (Phi) is 6.49. The second-order valence-corrected chi connectivity index (χ2v) is 7.66. The zero-order valence-electron chi connectivity index (χ0n) is 15.5. The average molecular weight is 336 g/mol. The molecule has 0 bridgehead atoms. The number of rotatable bonds is 5. The van der Waals surface area contributed by atoms with Gasteiger partial charge in [0.1, 0.15) is 5.60 Å². The van der Waals surface area contributed by atoms with E-state index in [4.69, 9.17) is 9.47 Å². The largest absolute Gasteiger partial charge is 0.458 e. The number of nitrogens with zero attached hydrogens (tertiary/aromatic N) is 1. The summed E-state index contributed by atoms with van der Waals surface area (Å²) in [7, 11) is 0. The van der Waals surface area contributed by atoms with Gasteiger partial charge >= 0.3 is 5.97 Å². The topological polar surface area (TPSA) is 77.5 Å². The Balaban J connectivity index is 2.96. The van der Waals surface area contributed by atoms with Crippen LogP contribution >= 0.6 is 0 Å². The molecule has 6 nitrogen and oxygen atoms in total. The van der Waals surface area contributed by atoms with Crippen molar-refractivity contribution in [3.63, 3.8) is 0 Å². The van der Waals surface area contributed by atoms with Crippen LogP contribution in [0.1, 0.15) is 58.8 Å². The molecule has 0 aliphatic carbocycles. The molecule has 0 saturated carbocycles. The van der Waals surface area contributed by atoms with Gasteiger partial charge in [-0.25, -0.2) is 4.79 Å². The molecule has 1 aromatic rings. The zero-order valence-corrected chi connectivity index (χ0v) is 15.5. The van der Waals surface area contributed by atoms with Gasteiger partial charge < -0.3 is 14.8 Å². The molecule has 2 atom stereocenters. The molecular formula is C18H28N2O4. The highest BCUT2D eigenvalue weighted by molar-refractivity contribution is 5.96. The standard InChI is InChI=1S/C18H28N2O4/c1-12(23-17(2,3)4)14(16(22)24-18(5,6)7)20-15(21)13-8-10-19-11-9-13/h8-12,14H,1-7H3,(H,20,21)/t12-,14+/m1/s1. The van der Waals surface area contributed by atoms with Crippen LogP contribution in [0.4, 0.5) is 0 Å². The minimum Gasteiger partial charge on any atom is -0.458 e. The second-order valence-electron chi connectivity index (χ2n) is 7.66. The molecule has 1 aromatic heterocycles. The number of carbonyl (C=O) groups excluding carboxylic acids is 2. The molecule has 24 heavy (non-hydrogen) atoms. The van der Waals surface area contributed by atoms with Gasteiger partial charge in [-0.15, -0.1) is 0 Å². The fourth-order valence-electron chi connectivity index (χ4n) is 2.09. The van der Waals surface area contributed by atoms with Gasteiger partial charge in [0.25, 0.3) is 5.91 Å². The van der Waals surface area contributed by atoms with E-state index in [1.807, 2.05) is 20.8 Å². The molecule has 134 valence electrons. The van der Waals surface area contributed by atoms with Gasteiger partial charge in [0.2, 0.25) is 0 Å². The molecule has 1 N–H and O–H groups in total. The Hall–Kier alpha value is -1.95. The van der Waals surface area contributed by atoms with Crippen molar-refractivity contribution in [2.75, 3.05) is 0 Å². The molecule has 0 spiro atoms. The lowest BCUT2D eigenvalue weighted by molar-refractivity contribution is -0.164. The van der Waals surface area contributed by atoms with Gasteiger partial charge in [-0.2, -0.15) is 0 Å². The normalized spacial score (nSPS) is 14.6. The molecule has 1 amide bonds. The molecule has 0 aromatic carbocycles. The lowest BCUT2D eigenvalue weighted by atomic mass is 10.1. The molecule has 0 unspecified atom stereocenters. The van der Waals surface area contributed by atoms with E-state index in [1.165, 1.54) is 12.4 Å². The first kappa shape index (κ1) is 20.1. The van der Waals surface area contributed by atoms with Crippen molar-refractivity contribution < 1.29 is 19.1 Å². The van der Waals surface area contributed by atoms with Gasteiger partial charge in [0.05, 0.1) is 11.7 Å². The van der Waals surface area contributed by atoms with Crippen LogP contribution < -0.4 is 5.32 Å². The Labute approximate surface area is 143 Å². The van der Waals surface area contributed by atoms with Crippen LogP contribution in [0.3, 0.4) is 0 Å². The van der Waals surface area contributed by atoms with Crippen LogP contribution in [0.15, 0.2) is 24.5 Å². The Morgan fingerprint density at radius 1 is 1.04 bits per heavy atom. The summed E-state index contributed by atoms with van der Waals surface area (Å²) in [6.07, 6.45) is 2.49. The van der Waals surface area contributed by atoms with Gasteiger partial charge in [0, 0.05) is 18.0 Å². The van der Waals surface area contributed by atoms with Gasteiger partial charge in [-0.05, 0) is 60.6 Å². The first-order valence-electron chi connectivity index (χ1n) is 8.00. The van der Waals surface area contributed by atoms with E-state index in [0.29, 0.717) is 5.56 Å². The van der Waals surface area contributed by atoms with Crippen molar-refractivity contribution in [1.29, 1.82) is 0 Å². The first-order chi connectivity index (χ1) is 10.9. The van der Waals surface area contributed by atoms with Crippen molar-refractivity contribution in [2.24, 2.45) is 0 Å². The van der Waals surface area contributed by atoms with E-state index in [2.05, 4.69) is 10.3 Å². The van der Waals surface area contributed by atoms with Crippen LogP contribution in [-0.2, 0) is 14.3 Å². The average Bonchev–Trinajstić information content (AvgIpc) is 2.41.